The number of likely N-dealkylation sites (N-methyl/N-ethyl adjacent to an activating group) is 1. The van der Waals surface area contributed by atoms with Gasteiger partial charge in [0, 0.05) is 55.0 Å². The monoisotopic (exact) mass is 633 g/mol. The van der Waals surface area contributed by atoms with Gasteiger partial charge in [0.2, 0.25) is 0 Å². The molecule has 8 heteroatoms. The summed E-state index contributed by atoms with van der Waals surface area (Å²) in [7, 11) is 2.01. The van der Waals surface area contributed by atoms with Crippen molar-refractivity contribution in [3.05, 3.63) is 48.4 Å². The zero-order chi connectivity index (χ0) is 32.1. The van der Waals surface area contributed by atoms with Crippen LogP contribution in [0.3, 0.4) is 0 Å². The second-order valence-electron chi connectivity index (χ2n) is 15.5. The Hall–Kier alpha value is -1.97. The Kier molecular flexibility index (Phi) is 11.1. The molecular weight excluding hydrogens is 572 g/mol. The van der Waals surface area contributed by atoms with Crippen molar-refractivity contribution in [1.29, 1.82) is 0 Å². The average Bonchev–Trinajstić information content (AvgIpc) is 3.32. The molecule has 5 aliphatic rings. The molecule has 46 heavy (non-hydrogen) atoms. The predicted octanol–water partition coefficient (Wildman–Crippen LogP) is 5.92. The summed E-state index contributed by atoms with van der Waals surface area (Å²) in [6, 6.07) is 9.65. The highest BCUT2D eigenvalue weighted by molar-refractivity contribution is 5.94. The molecule has 0 bridgehead atoms. The number of nitrogens with one attached hydrogen (secondary N) is 3. The van der Waals surface area contributed by atoms with Crippen molar-refractivity contribution in [2.75, 3.05) is 51.8 Å². The first kappa shape index (κ1) is 33.9. The molecule has 4 fully saturated rings. The van der Waals surface area contributed by atoms with E-state index >= 15 is 0 Å². The second kappa shape index (κ2) is 15.1. The molecule has 5 aliphatic heterocycles. The Morgan fingerprint density at radius 3 is 2.41 bits per heavy atom. The lowest BCUT2D eigenvalue weighted by Crippen LogP contribution is -2.66. The molecule has 8 nitrogen and oxygen atoms in total. The number of unbranched alkanes of at least 4 members (excludes halogenated alkanes) is 7. The molecule has 4 saturated heterocycles. The van der Waals surface area contributed by atoms with Crippen molar-refractivity contribution in [3.8, 4) is 0 Å². The third-order valence-electron chi connectivity index (χ3n) is 11.2. The molecule has 6 atom stereocenters. The summed E-state index contributed by atoms with van der Waals surface area (Å²) in [4.78, 5) is 10.6. The van der Waals surface area contributed by atoms with Crippen molar-refractivity contribution in [1.82, 2.24) is 20.4 Å². The largest absolute Gasteiger partial charge is 0.379 e. The van der Waals surface area contributed by atoms with E-state index in [1.165, 1.54) is 56.9 Å². The fourth-order valence-electron chi connectivity index (χ4n) is 8.41. The lowest BCUT2D eigenvalue weighted by Gasteiger charge is -2.46. The van der Waals surface area contributed by atoms with E-state index in [4.69, 9.17) is 14.5 Å². The van der Waals surface area contributed by atoms with Gasteiger partial charge in [-0.05, 0) is 51.4 Å². The predicted molar refractivity (Wildman–Crippen MR) is 189 cm³/mol. The fraction of sp³-hybridized carbons (Fsp3) is 0.737. The lowest BCUT2D eigenvalue weighted by molar-refractivity contribution is -0.0972. The van der Waals surface area contributed by atoms with Gasteiger partial charge in [0.05, 0.1) is 37.6 Å². The van der Waals surface area contributed by atoms with Crippen molar-refractivity contribution >= 4 is 11.5 Å². The minimum Gasteiger partial charge on any atom is -0.379 e. The first-order chi connectivity index (χ1) is 22.3. The molecule has 0 spiro atoms. The number of likely N-dealkylation sites (tertiary alicyclic amines) is 1. The van der Waals surface area contributed by atoms with E-state index in [9.17, 15) is 0 Å². The van der Waals surface area contributed by atoms with Gasteiger partial charge >= 0.3 is 0 Å². The van der Waals surface area contributed by atoms with Gasteiger partial charge < -0.3 is 25.0 Å². The lowest BCUT2D eigenvalue weighted by atomic mass is 9.81. The average molecular weight is 634 g/mol. The Morgan fingerprint density at radius 2 is 1.72 bits per heavy atom. The Labute approximate surface area is 279 Å². The van der Waals surface area contributed by atoms with Crippen LogP contribution in [0.5, 0.6) is 0 Å². The van der Waals surface area contributed by atoms with Crippen LogP contribution in [0.2, 0.25) is 0 Å². The molecule has 1 aromatic carbocycles. The van der Waals surface area contributed by atoms with Crippen molar-refractivity contribution in [3.63, 3.8) is 0 Å². The number of rotatable bonds is 14. The summed E-state index contributed by atoms with van der Waals surface area (Å²) in [6.45, 7) is 14.5. The van der Waals surface area contributed by atoms with Crippen LogP contribution in [-0.4, -0.2) is 92.3 Å². The third kappa shape index (κ3) is 7.67. The third-order valence-corrected chi connectivity index (χ3v) is 11.2. The quantitative estimate of drug-likeness (QED) is 0.220. The van der Waals surface area contributed by atoms with E-state index in [0.717, 1.165) is 57.4 Å². The summed E-state index contributed by atoms with van der Waals surface area (Å²) in [5.74, 6) is 2.06. The van der Waals surface area contributed by atoms with E-state index in [0.29, 0.717) is 17.9 Å². The first-order valence-corrected chi connectivity index (χ1v) is 18.4. The normalized spacial score (nSPS) is 31.6. The molecule has 6 rings (SSSR count). The van der Waals surface area contributed by atoms with Gasteiger partial charge in [-0.2, -0.15) is 0 Å². The maximum atomic E-state index is 6.52. The van der Waals surface area contributed by atoms with Gasteiger partial charge in [-0.15, -0.1) is 0 Å². The number of aliphatic imine (C=N–C) groups is 1. The second-order valence-corrected chi connectivity index (χ2v) is 15.5. The van der Waals surface area contributed by atoms with Gasteiger partial charge in [-0.1, -0.05) is 83.1 Å². The number of ether oxygens (including phenoxy) is 2. The van der Waals surface area contributed by atoms with E-state index in [2.05, 4.69) is 96.3 Å². The van der Waals surface area contributed by atoms with Crippen LogP contribution in [-0.2, 0) is 14.9 Å². The number of hydrogen-bond donors (Lipinski definition) is 3. The number of amidine groups is 1. The Morgan fingerprint density at radius 1 is 0.978 bits per heavy atom. The molecular formula is C38H61N6O2. The molecule has 3 N–H and O–H groups in total. The number of benzene rings is 1. The van der Waals surface area contributed by atoms with Crippen LogP contribution in [0.1, 0.15) is 91.0 Å². The van der Waals surface area contributed by atoms with Crippen molar-refractivity contribution in [2.24, 2.45) is 16.8 Å². The van der Waals surface area contributed by atoms with Crippen LogP contribution in [0.15, 0.2) is 41.4 Å². The first-order valence-electron chi connectivity index (χ1n) is 18.4. The zero-order valence-electron chi connectivity index (χ0n) is 29.3. The molecule has 5 heterocycles. The molecule has 5 unspecified atom stereocenters. The van der Waals surface area contributed by atoms with Gasteiger partial charge in [0.1, 0.15) is 12.1 Å². The van der Waals surface area contributed by atoms with Crippen molar-refractivity contribution < 1.29 is 9.47 Å². The molecule has 0 aromatic heterocycles. The number of fused-ring (bicyclic) bond motifs is 3. The van der Waals surface area contributed by atoms with Crippen LogP contribution >= 0.6 is 0 Å². The van der Waals surface area contributed by atoms with Gasteiger partial charge in [0.15, 0.2) is 0 Å². The summed E-state index contributed by atoms with van der Waals surface area (Å²) < 4.78 is 12.1. The minimum atomic E-state index is -0.138. The summed E-state index contributed by atoms with van der Waals surface area (Å²) in [5, 5.41) is 11.4. The topological polar surface area (TPSA) is 73.4 Å². The summed E-state index contributed by atoms with van der Waals surface area (Å²) in [6.07, 6.45) is 18.6. The molecule has 0 saturated carbocycles. The van der Waals surface area contributed by atoms with E-state index in [-0.39, 0.29) is 29.5 Å². The Balaban J connectivity index is 1.21. The smallest absolute Gasteiger partial charge is 0.136 e. The number of hydrogen-bond acceptors (Lipinski definition) is 8. The van der Waals surface area contributed by atoms with Crippen LogP contribution in [0.25, 0.3) is 0 Å². The van der Waals surface area contributed by atoms with Crippen molar-refractivity contribution in [2.45, 2.75) is 121 Å². The number of nitrogens with zero attached hydrogens (tertiary/aromatic N) is 3. The minimum absolute atomic E-state index is 0.0451. The van der Waals surface area contributed by atoms with Crippen LogP contribution < -0.4 is 16.0 Å². The van der Waals surface area contributed by atoms with Gasteiger partial charge in [-0.25, -0.2) is 0 Å². The molecule has 1 radical (unpaired) electrons. The van der Waals surface area contributed by atoms with E-state index < -0.39 is 0 Å². The number of anilines is 1. The van der Waals surface area contributed by atoms with Crippen LogP contribution in [0.4, 0.5) is 5.69 Å². The van der Waals surface area contributed by atoms with E-state index in [1.54, 1.807) is 0 Å². The number of dihydropyridines is 1. The summed E-state index contributed by atoms with van der Waals surface area (Å²) >= 11 is 0. The fourth-order valence-corrected chi connectivity index (χ4v) is 8.41. The summed E-state index contributed by atoms with van der Waals surface area (Å²) in [5.41, 5.74) is 2.53. The Bertz CT molecular complexity index is 1180. The standard InChI is InChI=1S/C38H61N6O2/c1-6-7-8-9-10-11-12-13-21-43-24-31-32-25-46-37(2,3)22-33(32)44(34-16-14-15-30(40-34)23-39-5)35(31)42-36(43)41-29-19-17-28(18-20-29)38(4)26-45-27-38/h14-20,30-33,35-36,39,41-42H,6-13,21-27H2,1-5H3/t30?,31?,32?,33-,35?,36?/m1/s1. The molecule has 0 aliphatic carbocycles. The maximum absolute atomic E-state index is 6.52. The maximum Gasteiger partial charge on any atom is 0.136 e. The van der Waals surface area contributed by atoms with E-state index in [1.807, 2.05) is 7.05 Å². The molecule has 0 amide bonds. The van der Waals surface area contributed by atoms with Crippen LogP contribution in [0, 0.1) is 18.3 Å². The SMILES string of the molecule is CCCCCCCCCCN1CC2C3COC(C)(C)C[C@H]3N(C3=NC(CNC)C=C[CH]3)C2NC1Nc1ccc(C2(C)COC2)cc1. The zero-order valence-corrected chi connectivity index (χ0v) is 29.3. The highest BCUT2D eigenvalue weighted by Crippen LogP contribution is 2.46. The van der Waals surface area contributed by atoms with Gasteiger partial charge in [-0.3, -0.25) is 15.2 Å². The molecule has 255 valence electrons. The van der Waals surface area contributed by atoms with Gasteiger partial charge in [0.25, 0.3) is 0 Å². The highest BCUT2D eigenvalue weighted by Gasteiger charge is 2.56. The highest BCUT2D eigenvalue weighted by atomic mass is 16.5. The molecule has 1 aromatic rings.